The van der Waals surface area contributed by atoms with Crippen LogP contribution in [0.4, 0.5) is 9.52 Å². The molecule has 3 aromatic heterocycles. The van der Waals surface area contributed by atoms with Gasteiger partial charge < -0.3 is 9.84 Å². The highest BCUT2D eigenvalue weighted by Gasteiger charge is 2.13. The van der Waals surface area contributed by atoms with Crippen LogP contribution in [0.3, 0.4) is 0 Å². The Bertz CT molecular complexity index is 1110. The molecule has 7 nitrogen and oxygen atoms in total. The van der Waals surface area contributed by atoms with Crippen LogP contribution in [0.1, 0.15) is 22.8 Å². The summed E-state index contributed by atoms with van der Waals surface area (Å²) in [5.74, 6) is 0.346. The van der Waals surface area contributed by atoms with Gasteiger partial charge in [-0.1, -0.05) is 23.4 Å². The van der Waals surface area contributed by atoms with E-state index in [0.29, 0.717) is 35.3 Å². The number of thiazole rings is 1. The summed E-state index contributed by atoms with van der Waals surface area (Å²) < 4.78 is 18.9. The molecule has 4 rings (SSSR count). The predicted molar refractivity (Wildman–Crippen MR) is 106 cm³/mol. The smallest absolute Gasteiger partial charge is 0.227 e. The van der Waals surface area contributed by atoms with Crippen molar-refractivity contribution in [1.82, 2.24) is 20.1 Å². The molecule has 1 N–H and O–H groups in total. The third-order valence-electron chi connectivity index (χ3n) is 4.08. The second kappa shape index (κ2) is 8.70. The lowest BCUT2D eigenvalue weighted by Gasteiger charge is -2.00. The molecule has 0 saturated heterocycles. The van der Waals surface area contributed by atoms with Gasteiger partial charge in [0.1, 0.15) is 5.82 Å². The van der Waals surface area contributed by atoms with E-state index in [2.05, 4.69) is 25.4 Å². The van der Waals surface area contributed by atoms with Gasteiger partial charge in [0.25, 0.3) is 0 Å². The molecule has 0 saturated carbocycles. The first kappa shape index (κ1) is 18.9. The fourth-order valence-corrected chi connectivity index (χ4v) is 3.50. The maximum absolute atomic E-state index is 13.8. The highest BCUT2D eigenvalue weighted by atomic mass is 32.1. The number of aromatic nitrogens is 4. The molecule has 146 valence electrons. The van der Waals surface area contributed by atoms with Crippen LogP contribution in [0.25, 0.3) is 11.4 Å². The van der Waals surface area contributed by atoms with E-state index in [1.165, 1.54) is 17.4 Å². The van der Waals surface area contributed by atoms with Gasteiger partial charge in [0, 0.05) is 48.3 Å². The second-order valence-electron chi connectivity index (χ2n) is 6.20. The van der Waals surface area contributed by atoms with Gasteiger partial charge >= 0.3 is 0 Å². The highest BCUT2D eigenvalue weighted by molar-refractivity contribution is 7.15. The average molecular weight is 409 g/mol. The van der Waals surface area contributed by atoms with Gasteiger partial charge in [-0.2, -0.15) is 4.98 Å². The van der Waals surface area contributed by atoms with Gasteiger partial charge in [-0.3, -0.25) is 9.78 Å². The zero-order valence-electron chi connectivity index (χ0n) is 15.2. The largest absolute Gasteiger partial charge is 0.339 e. The van der Waals surface area contributed by atoms with E-state index in [0.717, 1.165) is 10.4 Å². The van der Waals surface area contributed by atoms with Crippen molar-refractivity contribution in [2.45, 2.75) is 19.3 Å². The standard InChI is InChI=1S/C20H16FN5O2S/c21-16-6-2-1-4-13(16)10-15-12-23-20(29-15)24-17(27)7-8-18-25-19(26-28-18)14-5-3-9-22-11-14/h1-6,9,11-12H,7-8,10H2,(H,23,24,27). The lowest BCUT2D eigenvalue weighted by atomic mass is 10.1. The molecule has 0 unspecified atom stereocenters. The molecule has 3 heterocycles. The van der Waals surface area contributed by atoms with Crippen molar-refractivity contribution in [2.75, 3.05) is 5.32 Å². The number of halogens is 1. The van der Waals surface area contributed by atoms with Gasteiger partial charge in [0.2, 0.25) is 17.6 Å². The first-order valence-electron chi connectivity index (χ1n) is 8.88. The minimum Gasteiger partial charge on any atom is -0.339 e. The molecule has 0 bridgehead atoms. The maximum atomic E-state index is 13.8. The number of carbonyl (C=O) groups is 1. The number of amides is 1. The minimum absolute atomic E-state index is 0.177. The molecular weight excluding hydrogens is 393 g/mol. The van der Waals surface area contributed by atoms with E-state index in [1.807, 2.05) is 6.07 Å². The van der Waals surface area contributed by atoms with Crippen molar-refractivity contribution < 1.29 is 13.7 Å². The maximum Gasteiger partial charge on any atom is 0.227 e. The van der Waals surface area contributed by atoms with Gasteiger partial charge in [0.15, 0.2) is 5.13 Å². The van der Waals surface area contributed by atoms with Crippen LogP contribution >= 0.6 is 11.3 Å². The SMILES string of the molecule is O=C(CCc1nc(-c2cccnc2)no1)Nc1ncc(Cc2ccccc2F)s1. The fourth-order valence-electron chi connectivity index (χ4n) is 2.65. The quantitative estimate of drug-likeness (QED) is 0.498. The van der Waals surface area contributed by atoms with Crippen LogP contribution in [0.15, 0.2) is 59.5 Å². The molecule has 0 aliphatic carbocycles. The number of nitrogens with one attached hydrogen (secondary N) is 1. The molecule has 0 radical (unpaired) electrons. The van der Waals surface area contributed by atoms with Gasteiger partial charge in [-0.25, -0.2) is 9.37 Å². The molecule has 0 atom stereocenters. The molecule has 4 aromatic rings. The Morgan fingerprint density at radius 2 is 2.07 bits per heavy atom. The second-order valence-corrected chi connectivity index (χ2v) is 7.32. The number of benzene rings is 1. The van der Waals surface area contributed by atoms with Crippen LogP contribution in [-0.2, 0) is 17.6 Å². The fraction of sp³-hybridized carbons (Fsp3) is 0.150. The summed E-state index contributed by atoms with van der Waals surface area (Å²) in [6, 6.07) is 10.2. The number of anilines is 1. The van der Waals surface area contributed by atoms with E-state index in [4.69, 9.17) is 4.52 Å². The highest BCUT2D eigenvalue weighted by Crippen LogP contribution is 2.22. The molecule has 1 aromatic carbocycles. The predicted octanol–water partition coefficient (Wildman–Crippen LogP) is 3.89. The summed E-state index contributed by atoms with van der Waals surface area (Å²) in [7, 11) is 0. The monoisotopic (exact) mass is 409 g/mol. The van der Waals surface area contributed by atoms with Crippen molar-refractivity contribution in [3.05, 3.63) is 77.1 Å². The summed E-state index contributed by atoms with van der Waals surface area (Å²) in [5.41, 5.74) is 1.34. The summed E-state index contributed by atoms with van der Waals surface area (Å²) in [5, 5.41) is 7.12. The summed E-state index contributed by atoms with van der Waals surface area (Å²) in [6.45, 7) is 0. The topological polar surface area (TPSA) is 93.8 Å². The lowest BCUT2D eigenvalue weighted by Crippen LogP contribution is -2.12. The summed E-state index contributed by atoms with van der Waals surface area (Å²) >= 11 is 1.32. The molecule has 0 aliphatic rings. The number of pyridine rings is 1. The zero-order chi connectivity index (χ0) is 20.1. The number of carbonyl (C=O) groups excluding carboxylic acids is 1. The molecular formula is C20H16FN5O2S. The Kier molecular flexibility index (Phi) is 5.66. The van der Waals surface area contributed by atoms with Crippen molar-refractivity contribution in [1.29, 1.82) is 0 Å². The van der Waals surface area contributed by atoms with Crippen LogP contribution in [0.2, 0.25) is 0 Å². The number of aryl methyl sites for hydroxylation is 1. The van der Waals surface area contributed by atoms with Gasteiger partial charge in [-0.05, 0) is 23.8 Å². The third kappa shape index (κ3) is 4.88. The number of nitrogens with zero attached hydrogens (tertiary/aromatic N) is 4. The Labute approximate surface area is 169 Å². The van der Waals surface area contributed by atoms with E-state index in [-0.39, 0.29) is 18.1 Å². The Morgan fingerprint density at radius 3 is 2.90 bits per heavy atom. The van der Waals surface area contributed by atoms with E-state index < -0.39 is 0 Å². The first-order valence-corrected chi connectivity index (χ1v) is 9.70. The Hall–Kier alpha value is -3.46. The van der Waals surface area contributed by atoms with E-state index in [9.17, 15) is 9.18 Å². The van der Waals surface area contributed by atoms with Crippen LogP contribution in [0.5, 0.6) is 0 Å². The average Bonchev–Trinajstić information content (AvgIpc) is 3.38. The molecule has 0 fully saturated rings. The van der Waals surface area contributed by atoms with Gasteiger partial charge in [-0.15, -0.1) is 11.3 Å². The summed E-state index contributed by atoms with van der Waals surface area (Å²) in [4.78, 5) is 25.5. The Balaban J connectivity index is 1.30. The molecule has 1 amide bonds. The Morgan fingerprint density at radius 1 is 1.17 bits per heavy atom. The van der Waals surface area contributed by atoms with Crippen LogP contribution in [-0.4, -0.2) is 26.0 Å². The van der Waals surface area contributed by atoms with Crippen molar-refractivity contribution in [3.63, 3.8) is 0 Å². The van der Waals surface area contributed by atoms with Gasteiger partial charge in [0.05, 0.1) is 0 Å². The number of rotatable bonds is 7. The zero-order valence-corrected chi connectivity index (χ0v) is 16.0. The van der Waals surface area contributed by atoms with Crippen molar-refractivity contribution >= 4 is 22.4 Å². The minimum atomic E-state index is -0.253. The van der Waals surface area contributed by atoms with E-state index >= 15 is 0 Å². The molecule has 9 heteroatoms. The van der Waals surface area contributed by atoms with Crippen LogP contribution in [0, 0.1) is 5.82 Å². The lowest BCUT2D eigenvalue weighted by molar-refractivity contribution is -0.116. The molecule has 0 spiro atoms. The number of hydrogen-bond acceptors (Lipinski definition) is 7. The van der Waals surface area contributed by atoms with E-state index in [1.54, 1.807) is 42.9 Å². The normalized spacial score (nSPS) is 10.8. The molecule has 29 heavy (non-hydrogen) atoms. The third-order valence-corrected chi connectivity index (χ3v) is 4.99. The summed E-state index contributed by atoms with van der Waals surface area (Å²) in [6.07, 6.45) is 5.87. The van der Waals surface area contributed by atoms with Crippen molar-refractivity contribution in [2.24, 2.45) is 0 Å². The molecule has 0 aliphatic heterocycles. The van der Waals surface area contributed by atoms with Crippen LogP contribution < -0.4 is 5.32 Å². The number of hydrogen-bond donors (Lipinski definition) is 1. The first-order chi connectivity index (χ1) is 14.2. The van der Waals surface area contributed by atoms with Crippen molar-refractivity contribution in [3.8, 4) is 11.4 Å².